The molecule has 30 heavy (non-hydrogen) atoms. The van der Waals surface area contributed by atoms with E-state index in [9.17, 15) is 18.0 Å². The number of fused-ring (bicyclic) bond motifs is 1. The molecule has 0 saturated heterocycles. The van der Waals surface area contributed by atoms with Crippen molar-refractivity contribution < 1.29 is 27.2 Å². The first kappa shape index (κ1) is 19.8. The van der Waals surface area contributed by atoms with Crippen molar-refractivity contribution in [2.24, 2.45) is 0 Å². The molecule has 0 radical (unpaired) electrons. The Morgan fingerprint density at radius 2 is 2.13 bits per heavy atom. The van der Waals surface area contributed by atoms with Crippen molar-refractivity contribution in [3.05, 3.63) is 53.4 Å². The molecule has 2 atom stereocenters. The van der Waals surface area contributed by atoms with E-state index in [2.05, 4.69) is 20.9 Å². The number of nitrogens with zero attached hydrogens (tertiary/aromatic N) is 3. The summed E-state index contributed by atoms with van der Waals surface area (Å²) in [5, 5.41) is 13.0. The number of nitrogens with one attached hydrogen (secondary N) is 2. The van der Waals surface area contributed by atoms with E-state index >= 15 is 0 Å². The molecule has 3 aromatic rings. The summed E-state index contributed by atoms with van der Waals surface area (Å²) < 4.78 is 52.4. The van der Waals surface area contributed by atoms with Gasteiger partial charge >= 0.3 is 6.18 Å². The summed E-state index contributed by atoms with van der Waals surface area (Å²) in [5.74, 6) is 0.402. The smallest absolute Gasteiger partial charge is 0.410 e. The standard InChI is InChI=1S/C19H18F3N5O3/c1-10-7-16(26-30-10)25-18(28)12-9-23-27-15(19(20,21)22)8-13(24-17(12)27)11-5-3-4-6-14(11)29-2/h3-7,9,13,15,24H,8H2,1-2H3,(H,25,26,28). The van der Waals surface area contributed by atoms with Crippen LogP contribution in [0, 0.1) is 6.92 Å². The topological polar surface area (TPSA) is 94.2 Å². The molecule has 1 amide bonds. The molecule has 0 fully saturated rings. The van der Waals surface area contributed by atoms with Gasteiger partial charge in [0, 0.05) is 18.1 Å². The largest absolute Gasteiger partial charge is 0.496 e. The van der Waals surface area contributed by atoms with Gasteiger partial charge in [-0.3, -0.25) is 4.79 Å². The van der Waals surface area contributed by atoms with Crippen molar-refractivity contribution >= 4 is 17.5 Å². The van der Waals surface area contributed by atoms with Crippen LogP contribution in [-0.4, -0.2) is 34.1 Å². The van der Waals surface area contributed by atoms with Gasteiger partial charge in [0.25, 0.3) is 5.91 Å². The molecule has 0 spiro atoms. The minimum atomic E-state index is -4.56. The quantitative estimate of drug-likeness (QED) is 0.659. The highest BCUT2D eigenvalue weighted by Crippen LogP contribution is 2.45. The zero-order valence-electron chi connectivity index (χ0n) is 16.0. The summed E-state index contributed by atoms with van der Waals surface area (Å²) in [4.78, 5) is 12.7. The van der Waals surface area contributed by atoms with Crippen LogP contribution in [0.5, 0.6) is 5.75 Å². The summed E-state index contributed by atoms with van der Waals surface area (Å²) in [6, 6.07) is 5.67. The lowest BCUT2D eigenvalue weighted by Gasteiger charge is -2.34. The van der Waals surface area contributed by atoms with E-state index in [4.69, 9.17) is 9.26 Å². The predicted molar refractivity (Wildman–Crippen MR) is 100 cm³/mol. The van der Waals surface area contributed by atoms with Crippen LogP contribution in [0.15, 0.2) is 41.1 Å². The highest BCUT2D eigenvalue weighted by atomic mass is 19.4. The highest BCUT2D eigenvalue weighted by molar-refractivity contribution is 6.07. The lowest BCUT2D eigenvalue weighted by atomic mass is 9.95. The van der Waals surface area contributed by atoms with E-state index in [1.54, 1.807) is 31.2 Å². The molecule has 158 valence electrons. The van der Waals surface area contributed by atoms with Gasteiger partial charge in [-0.1, -0.05) is 23.4 Å². The van der Waals surface area contributed by atoms with Crippen molar-refractivity contribution in [3.8, 4) is 5.75 Å². The molecular formula is C19H18F3N5O3. The van der Waals surface area contributed by atoms with E-state index in [0.717, 1.165) is 10.9 Å². The number of benzene rings is 1. The Morgan fingerprint density at radius 1 is 1.37 bits per heavy atom. The zero-order valence-corrected chi connectivity index (χ0v) is 16.0. The number of alkyl halides is 3. The molecule has 2 N–H and O–H groups in total. The number of rotatable bonds is 4. The van der Waals surface area contributed by atoms with E-state index in [1.165, 1.54) is 13.2 Å². The number of ether oxygens (including phenoxy) is 1. The lowest BCUT2D eigenvalue weighted by molar-refractivity contribution is -0.173. The van der Waals surface area contributed by atoms with Gasteiger partial charge in [-0.15, -0.1) is 0 Å². The fourth-order valence-electron chi connectivity index (χ4n) is 3.50. The molecule has 0 saturated carbocycles. The number of halogens is 3. The van der Waals surface area contributed by atoms with E-state index in [0.29, 0.717) is 17.1 Å². The molecule has 1 aliphatic rings. The molecule has 2 unspecified atom stereocenters. The van der Waals surface area contributed by atoms with E-state index in [-0.39, 0.29) is 23.6 Å². The zero-order chi connectivity index (χ0) is 21.5. The summed E-state index contributed by atoms with van der Waals surface area (Å²) in [7, 11) is 1.45. The van der Waals surface area contributed by atoms with Gasteiger partial charge in [0.1, 0.15) is 22.9 Å². The van der Waals surface area contributed by atoms with Crippen LogP contribution in [0.1, 0.15) is 40.2 Å². The van der Waals surface area contributed by atoms with Crippen molar-refractivity contribution in [2.45, 2.75) is 31.6 Å². The number of amides is 1. The average molecular weight is 421 g/mol. The second-order valence-electron chi connectivity index (χ2n) is 6.86. The van der Waals surface area contributed by atoms with Crippen LogP contribution in [0.2, 0.25) is 0 Å². The van der Waals surface area contributed by atoms with Crippen molar-refractivity contribution in [2.75, 3.05) is 17.7 Å². The summed E-state index contributed by atoms with van der Waals surface area (Å²) in [5.41, 5.74) is 0.518. The number of carbonyl (C=O) groups excluding carboxylic acids is 1. The Morgan fingerprint density at radius 3 is 2.80 bits per heavy atom. The maximum absolute atomic E-state index is 13.8. The maximum Gasteiger partial charge on any atom is 0.410 e. The van der Waals surface area contributed by atoms with Crippen LogP contribution in [-0.2, 0) is 0 Å². The Balaban J connectivity index is 1.72. The van der Waals surface area contributed by atoms with Crippen LogP contribution >= 0.6 is 0 Å². The number of carbonyl (C=O) groups is 1. The first-order chi connectivity index (χ1) is 14.3. The van der Waals surface area contributed by atoms with Gasteiger partial charge in [0.15, 0.2) is 11.9 Å². The van der Waals surface area contributed by atoms with Crippen molar-refractivity contribution in [3.63, 3.8) is 0 Å². The molecule has 1 aliphatic heterocycles. The Bertz CT molecular complexity index is 1080. The second-order valence-corrected chi connectivity index (χ2v) is 6.86. The molecule has 3 heterocycles. The number of hydrogen-bond donors (Lipinski definition) is 2. The minimum Gasteiger partial charge on any atom is -0.496 e. The van der Waals surface area contributed by atoms with Crippen molar-refractivity contribution in [1.29, 1.82) is 0 Å². The first-order valence-electron chi connectivity index (χ1n) is 9.06. The molecule has 8 nitrogen and oxygen atoms in total. The fourth-order valence-corrected chi connectivity index (χ4v) is 3.50. The van der Waals surface area contributed by atoms with Crippen LogP contribution in [0.3, 0.4) is 0 Å². The molecule has 2 aromatic heterocycles. The van der Waals surface area contributed by atoms with Gasteiger partial charge in [0.05, 0.1) is 19.3 Å². The van der Waals surface area contributed by atoms with Gasteiger partial charge in [-0.2, -0.15) is 18.3 Å². The summed E-state index contributed by atoms with van der Waals surface area (Å²) in [6.45, 7) is 1.65. The van der Waals surface area contributed by atoms with Gasteiger partial charge in [-0.25, -0.2) is 4.68 Å². The molecule has 0 aliphatic carbocycles. The molecular weight excluding hydrogens is 403 g/mol. The SMILES string of the molecule is COc1ccccc1C1CC(C(F)(F)F)n2ncc(C(=O)Nc3cc(C)on3)c2N1. The predicted octanol–water partition coefficient (Wildman–Crippen LogP) is 4.10. The maximum atomic E-state index is 13.8. The van der Waals surface area contributed by atoms with E-state index < -0.39 is 24.2 Å². The Hall–Kier alpha value is -3.50. The number of hydrogen-bond acceptors (Lipinski definition) is 6. The number of methoxy groups -OCH3 is 1. The number of para-hydroxylation sites is 1. The monoisotopic (exact) mass is 421 g/mol. The van der Waals surface area contributed by atoms with Crippen LogP contribution < -0.4 is 15.4 Å². The molecule has 11 heteroatoms. The van der Waals surface area contributed by atoms with Gasteiger partial charge < -0.3 is 19.9 Å². The summed E-state index contributed by atoms with van der Waals surface area (Å²) in [6.07, 6.45) is -3.75. The first-order valence-corrected chi connectivity index (χ1v) is 9.06. The number of anilines is 2. The third-order valence-electron chi connectivity index (χ3n) is 4.87. The minimum absolute atomic E-state index is 0.0304. The molecule has 0 bridgehead atoms. The second kappa shape index (κ2) is 7.39. The number of aromatic nitrogens is 3. The third kappa shape index (κ3) is 3.58. The normalized spacial score (nSPS) is 18.4. The fraction of sp³-hybridized carbons (Fsp3) is 0.316. The summed E-state index contributed by atoms with van der Waals surface area (Å²) >= 11 is 0. The Labute approximate surface area is 169 Å². The van der Waals surface area contributed by atoms with E-state index in [1.807, 2.05) is 0 Å². The van der Waals surface area contributed by atoms with Crippen LogP contribution in [0.25, 0.3) is 0 Å². The molecule has 1 aromatic carbocycles. The average Bonchev–Trinajstić information content (AvgIpc) is 3.32. The Kier molecular flexibility index (Phi) is 4.88. The van der Waals surface area contributed by atoms with Crippen LogP contribution in [0.4, 0.5) is 24.8 Å². The lowest BCUT2D eigenvalue weighted by Crippen LogP contribution is -2.36. The highest BCUT2D eigenvalue weighted by Gasteiger charge is 2.47. The number of aryl methyl sites for hydroxylation is 1. The van der Waals surface area contributed by atoms with Gasteiger partial charge in [0.2, 0.25) is 0 Å². The third-order valence-corrected chi connectivity index (χ3v) is 4.87. The molecule has 4 rings (SSSR count). The van der Waals surface area contributed by atoms with Crippen molar-refractivity contribution in [1.82, 2.24) is 14.9 Å². The van der Waals surface area contributed by atoms with Gasteiger partial charge in [-0.05, 0) is 13.0 Å².